The van der Waals surface area contributed by atoms with Crippen LogP contribution < -0.4 is 4.90 Å². The first kappa shape index (κ1) is 23.1. The van der Waals surface area contributed by atoms with Crippen molar-refractivity contribution in [1.82, 2.24) is 0 Å². The minimum absolute atomic E-state index is 0.490. The van der Waals surface area contributed by atoms with Crippen molar-refractivity contribution in [3.05, 3.63) is 172 Å². The van der Waals surface area contributed by atoms with E-state index in [0.29, 0.717) is 0 Å². The molecule has 1 heterocycles. The third-order valence-corrected chi connectivity index (χ3v) is 9.57. The Hall–Kier alpha value is -4.66. The van der Waals surface area contributed by atoms with Crippen LogP contribution in [0, 0.1) is 0 Å². The molecule has 1 aliphatic carbocycles. The van der Waals surface area contributed by atoms with Gasteiger partial charge in [-0.3, -0.25) is 0 Å². The van der Waals surface area contributed by atoms with Gasteiger partial charge in [0, 0.05) is 10.2 Å². The lowest BCUT2D eigenvalue weighted by molar-refractivity contribution is 0.759. The van der Waals surface area contributed by atoms with Crippen LogP contribution in [0.2, 0.25) is 0 Å². The number of nitrogens with zero attached hydrogens (tertiary/aromatic N) is 1. The van der Waals surface area contributed by atoms with Gasteiger partial charge in [-0.05, 0) is 91.3 Å². The molecule has 2 heteroatoms. The van der Waals surface area contributed by atoms with Gasteiger partial charge in [0.2, 0.25) is 0 Å². The lowest BCUT2D eigenvalue weighted by Gasteiger charge is -2.45. The third-order valence-electron chi connectivity index (χ3n) is 9.08. The van der Waals surface area contributed by atoms with E-state index in [1.54, 1.807) is 0 Å². The van der Waals surface area contributed by atoms with Gasteiger partial charge in [-0.2, -0.15) is 0 Å². The quantitative estimate of drug-likeness (QED) is 0.173. The van der Waals surface area contributed by atoms with Crippen LogP contribution in [-0.2, 0) is 5.41 Å². The van der Waals surface area contributed by atoms with Crippen molar-refractivity contribution in [2.24, 2.45) is 0 Å². The number of hydrogen-bond donors (Lipinski definition) is 0. The van der Waals surface area contributed by atoms with Crippen molar-refractivity contribution in [2.75, 3.05) is 4.90 Å². The van der Waals surface area contributed by atoms with Crippen LogP contribution >= 0.6 is 15.9 Å². The van der Waals surface area contributed by atoms with Crippen LogP contribution in [0.15, 0.2) is 150 Å². The van der Waals surface area contributed by atoms with Crippen LogP contribution in [0.4, 0.5) is 17.1 Å². The summed E-state index contributed by atoms with van der Waals surface area (Å²) in [7, 11) is 0. The molecular formula is C39H24BrN. The summed E-state index contributed by atoms with van der Waals surface area (Å²) in [4.78, 5) is 2.44. The van der Waals surface area contributed by atoms with Crippen LogP contribution in [0.5, 0.6) is 0 Å². The van der Waals surface area contributed by atoms with Crippen molar-refractivity contribution in [3.8, 4) is 11.1 Å². The Bertz CT molecular complexity index is 2130. The maximum absolute atomic E-state index is 3.88. The molecule has 0 saturated heterocycles. The van der Waals surface area contributed by atoms with E-state index in [-0.39, 0.29) is 0 Å². The van der Waals surface area contributed by atoms with Crippen LogP contribution in [0.25, 0.3) is 32.7 Å². The second-order valence-electron chi connectivity index (χ2n) is 11.0. The van der Waals surface area contributed by atoms with Crippen molar-refractivity contribution in [2.45, 2.75) is 5.41 Å². The van der Waals surface area contributed by atoms with Gasteiger partial charge >= 0.3 is 0 Å². The molecule has 9 rings (SSSR count). The number of halogens is 1. The van der Waals surface area contributed by atoms with E-state index in [4.69, 9.17) is 0 Å². The molecule has 2 aliphatic rings. The van der Waals surface area contributed by atoms with Crippen molar-refractivity contribution < 1.29 is 0 Å². The molecule has 41 heavy (non-hydrogen) atoms. The molecule has 0 atom stereocenters. The van der Waals surface area contributed by atoms with E-state index in [9.17, 15) is 0 Å². The van der Waals surface area contributed by atoms with Gasteiger partial charge in [0.1, 0.15) is 0 Å². The molecule has 1 nitrogen and oxygen atoms in total. The van der Waals surface area contributed by atoms with E-state index in [1.807, 2.05) is 0 Å². The van der Waals surface area contributed by atoms with Crippen molar-refractivity contribution in [1.29, 1.82) is 0 Å². The summed E-state index contributed by atoms with van der Waals surface area (Å²) in [6.07, 6.45) is 0. The largest absolute Gasteiger partial charge is 0.310 e. The lowest BCUT2D eigenvalue weighted by Crippen LogP contribution is -2.36. The first-order valence-electron chi connectivity index (χ1n) is 14.1. The van der Waals surface area contributed by atoms with Gasteiger partial charge < -0.3 is 4.90 Å². The van der Waals surface area contributed by atoms with E-state index >= 15 is 0 Å². The number of fused-ring (bicyclic) bond motifs is 14. The number of para-hydroxylation sites is 3. The Balaban J connectivity index is 1.55. The topological polar surface area (TPSA) is 3.24 Å². The second kappa shape index (κ2) is 8.42. The van der Waals surface area contributed by atoms with Gasteiger partial charge in [-0.1, -0.05) is 125 Å². The van der Waals surface area contributed by atoms with Crippen LogP contribution in [0.1, 0.15) is 22.3 Å². The summed E-state index contributed by atoms with van der Waals surface area (Å²) in [5, 5.41) is 5.22. The first-order chi connectivity index (χ1) is 20.3. The minimum Gasteiger partial charge on any atom is -0.310 e. The standard InChI is InChI=1S/C39H24BrN/c40-25-22-23-31-34(24-25)39(38-30-17-7-5-15-28(30)27-14-4-6-16-29(27)37(31)38)32-18-8-10-20-35(32)41(26-12-2-1-3-13-26)36-21-11-9-19-33(36)39/h1-24H. The summed E-state index contributed by atoms with van der Waals surface area (Å²) >= 11 is 3.88. The maximum atomic E-state index is 3.88. The van der Waals surface area contributed by atoms with Gasteiger partial charge in [0.25, 0.3) is 0 Å². The SMILES string of the molecule is Brc1ccc2c(c1)C1(c3ccccc3N(c3ccccc3)c3ccccc31)c1c-2c2ccccc2c2ccccc12. The van der Waals surface area contributed by atoms with E-state index in [2.05, 4.69) is 166 Å². The molecule has 0 aromatic heterocycles. The predicted molar refractivity (Wildman–Crippen MR) is 175 cm³/mol. The average molecular weight is 587 g/mol. The molecule has 1 spiro atoms. The van der Waals surface area contributed by atoms with E-state index < -0.39 is 5.41 Å². The molecule has 0 amide bonds. The second-order valence-corrected chi connectivity index (χ2v) is 11.9. The summed E-state index contributed by atoms with van der Waals surface area (Å²) in [5.41, 5.74) is 11.1. The molecule has 192 valence electrons. The molecule has 0 radical (unpaired) electrons. The zero-order valence-corrected chi connectivity index (χ0v) is 23.8. The highest BCUT2D eigenvalue weighted by Crippen LogP contribution is 2.65. The smallest absolute Gasteiger partial charge is 0.0760 e. The molecule has 7 aromatic rings. The zero-order chi connectivity index (χ0) is 27.1. The van der Waals surface area contributed by atoms with Gasteiger partial charge in [0.05, 0.1) is 16.8 Å². The van der Waals surface area contributed by atoms with Crippen molar-refractivity contribution in [3.63, 3.8) is 0 Å². The third kappa shape index (κ3) is 2.90. The molecular weight excluding hydrogens is 562 g/mol. The lowest BCUT2D eigenvalue weighted by atomic mass is 9.63. The zero-order valence-electron chi connectivity index (χ0n) is 22.2. The monoisotopic (exact) mass is 585 g/mol. The highest BCUT2D eigenvalue weighted by atomic mass is 79.9. The fourth-order valence-electron chi connectivity index (χ4n) is 7.65. The van der Waals surface area contributed by atoms with E-state index in [1.165, 1.54) is 72.0 Å². The van der Waals surface area contributed by atoms with Crippen molar-refractivity contribution >= 4 is 54.5 Å². The molecule has 0 unspecified atom stereocenters. The van der Waals surface area contributed by atoms with Crippen LogP contribution in [0.3, 0.4) is 0 Å². The summed E-state index contributed by atoms with van der Waals surface area (Å²) in [5.74, 6) is 0. The fraction of sp³-hybridized carbons (Fsp3) is 0.0256. The summed E-state index contributed by atoms with van der Waals surface area (Å²) in [6.45, 7) is 0. The van der Waals surface area contributed by atoms with Crippen LogP contribution in [-0.4, -0.2) is 0 Å². The Morgan fingerprint density at radius 3 is 1.68 bits per heavy atom. The summed E-state index contributed by atoms with van der Waals surface area (Å²) < 4.78 is 1.09. The molecule has 0 saturated carbocycles. The molecule has 7 aromatic carbocycles. The number of hydrogen-bond acceptors (Lipinski definition) is 1. The first-order valence-corrected chi connectivity index (χ1v) is 14.9. The molecule has 0 N–H and O–H groups in total. The van der Waals surface area contributed by atoms with Gasteiger partial charge in [0.15, 0.2) is 0 Å². The Morgan fingerprint density at radius 1 is 0.463 bits per heavy atom. The number of rotatable bonds is 1. The Morgan fingerprint density at radius 2 is 1.00 bits per heavy atom. The fourth-order valence-corrected chi connectivity index (χ4v) is 8.01. The number of benzene rings is 7. The minimum atomic E-state index is -0.490. The maximum Gasteiger partial charge on any atom is 0.0760 e. The summed E-state index contributed by atoms with van der Waals surface area (Å²) in [6, 6.07) is 53.6. The normalized spacial score (nSPS) is 14.1. The van der Waals surface area contributed by atoms with Gasteiger partial charge in [-0.25, -0.2) is 0 Å². The average Bonchev–Trinajstić information content (AvgIpc) is 3.33. The molecule has 0 bridgehead atoms. The highest BCUT2D eigenvalue weighted by molar-refractivity contribution is 9.10. The highest BCUT2D eigenvalue weighted by Gasteiger charge is 2.53. The Kier molecular flexibility index (Phi) is 4.74. The molecule has 1 aliphatic heterocycles. The molecule has 0 fully saturated rings. The van der Waals surface area contributed by atoms with Gasteiger partial charge in [-0.15, -0.1) is 0 Å². The predicted octanol–water partition coefficient (Wildman–Crippen LogP) is 10.9. The number of anilines is 3. The Labute approximate surface area is 247 Å². The van der Waals surface area contributed by atoms with E-state index in [0.717, 1.165) is 4.47 Å².